The molecule has 2 heterocycles. The van der Waals surface area contributed by atoms with Gasteiger partial charge in [-0.05, 0) is 30.0 Å². The van der Waals surface area contributed by atoms with Gasteiger partial charge in [0.2, 0.25) is 11.8 Å². The Kier molecular flexibility index (Phi) is 8.26. The van der Waals surface area contributed by atoms with Crippen LogP contribution in [0.1, 0.15) is 34.3 Å². The fourth-order valence-electron chi connectivity index (χ4n) is 5.37. The monoisotopic (exact) mass is 538 g/mol. The van der Waals surface area contributed by atoms with E-state index in [0.29, 0.717) is 31.4 Å². The fourth-order valence-corrected chi connectivity index (χ4v) is 5.37. The van der Waals surface area contributed by atoms with Crippen LogP contribution >= 0.6 is 0 Å². The Morgan fingerprint density at radius 3 is 2.33 bits per heavy atom. The first kappa shape index (κ1) is 27.1. The Labute approximate surface area is 233 Å². The summed E-state index contributed by atoms with van der Waals surface area (Å²) in [5.41, 5.74) is 3.17. The molecule has 1 saturated heterocycles. The maximum atomic E-state index is 13.8. The number of H-pyrrole nitrogens is 1. The number of aromatic amines is 1. The zero-order valence-electron chi connectivity index (χ0n) is 22.5. The number of piperidine rings is 1. The van der Waals surface area contributed by atoms with E-state index in [1.165, 1.54) is 4.90 Å². The summed E-state index contributed by atoms with van der Waals surface area (Å²) in [6, 6.07) is 25.1. The van der Waals surface area contributed by atoms with E-state index in [1.54, 1.807) is 18.1 Å². The highest BCUT2D eigenvalue weighted by molar-refractivity contribution is 6.08. The first-order valence-electron chi connectivity index (χ1n) is 13.6. The van der Waals surface area contributed by atoms with Crippen LogP contribution in [0.15, 0.2) is 91.1 Å². The highest BCUT2D eigenvalue weighted by Crippen LogP contribution is 2.25. The van der Waals surface area contributed by atoms with E-state index in [2.05, 4.69) is 10.3 Å². The van der Waals surface area contributed by atoms with Crippen LogP contribution in [0.3, 0.4) is 0 Å². The molecule has 3 aromatic carbocycles. The standard InChI is InChI=1S/C32H34N4O4/c1-35(20-23-12-6-3-7-13-23)32(40)28(18-22-10-4-2-5-11-22)34-30(38)29-17-16-24(37)21-36(29)31(39)26-19-33-27-15-9-8-14-25(26)27/h2-15,19,24,28-29,33,37H,16-18,20-21H2,1H3,(H,34,38)/t24-,28+,29+/m1/s1. The number of nitrogens with one attached hydrogen (secondary N) is 2. The van der Waals surface area contributed by atoms with Crippen molar-refractivity contribution in [3.8, 4) is 0 Å². The lowest BCUT2D eigenvalue weighted by Gasteiger charge is -2.38. The predicted octanol–water partition coefficient (Wildman–Crippen LogP) is 3.52. The molecule has 8 heteroatoms. The Bertz CT molecular complexity index is 1470. The molecule has 0 bridgehead atoms. The first-order chi connectivity index (χ1) is 19.4. The Morgan fingerprint density at radius 2 is 1.60 bits per heavy atom. The first-order valence-corrected chi connectivity index (χ1v) is 13.6. The van der Waals surface area contributed by atoms with Crippen LogP contribution in [0.5, 0.6) is 0 Å². The second-order valence-electron chi connectivity index (χ2n) is 10.4. The lowest BCUT2D eigenvalue weighted by Crippen LogP contribution is -2.58. The molecule has 0 saturated carbocycles. The largest absolute Gasteiger partial charge is 0.391 e. The van der Waals surface area contributed by atoms with Crippen LogP contribution in [0.4, 0.5) is 0 Å². The van der Waals surface area contributed by atoms with Crippen molar-refractivity contribution in [1.29, 1.82) is 0 Å². The SMILES string of the molecule is CN(Cc1ccccc1)C(=O)[C@H](Cc1ccccc1)NC(=O)[C@@H]1CC[C@@H](O)CN1C(=O)c1c[nH]c2ccccc12. The van der Waals surface area contributed by atoms with Gasteiger partial charge in [0.15, 0.2) is 0 Å². The number of carbonyl (C=O) groups excluding carboxylic acids is 3. The molecule has 5 rings (SSSR count). The van der Waals surface area contributed by atoms with Crippen molar-refractivity contribution in [3.05, 3.63) is 108 Å². The average Bonchev–Trinajstić information content (AvgIpc) is 3.41. The third-order valence-corrected chi connectivity index (χ3v) is 7.48. The number of likely N-dealkylation sites (N-methyl/N-ethyl adjacent to an activating group) is 1. The quantitative estimate of drug-likeness (QED) is 0.319. The van der Waals surface area contributed by atoms with Crippen molar-refractivity contribution in [1.82, 2.24) is 20.1 Å². The Balaban J connectivity index is 1.37. The van der Waals surface area contributed by atoms with Gasteiger partial charge in [-0.25, -0.2) is 0 Å². The van der Waals surface area contributed by atoms with Crippen LogP contribution < -0.4 is 5.32 Å². The molecule has 0 spiro atoms. The van der Waals surface area contributed by atoms with Gasteiger partial charge in [-0.3, -0.25) is 14.4 Å². The number of aliphatic hydroxyl groups is 1. The number of rotatable bonds is 8. The van der Waals surface area contributed by atoms with Gasteiger partial charge in [-0.15, -0.1) is 0 Å². The highest BCUT2D eigenvalue weighted by atomic mass is 16.3. The molecule has 1 fully saturated rings. The average molecular weight is 539 g/mol. The lowest BCUT2D eigenvalue weighted by atomic mass is 9.97. The third-order valence-electron chi connectivity index (χ3n) is 7.48. The second kappa shape index (κ2) is 12.2. The number of fused-ring (bicyclic) bond motifs is 1. The van der Waals surface area contributed by atoms with Gasteiger partial charge < -0.3 is 25.2 Å². The van der Waals surface area contributed by atoms with E-state index in [4.69, 9.17) is 0 Å². The molecule has 4 aromatic rings. The minimum absolute atomic E-state index is 0.0433. The third kappa shape index (κ3) is 6.07. The number of carbonyl (C=O) groups is 3. The molecule has 0 aliphatic carbocycles. The van der Waals surface area contributed by atoms with Crippen molar-refractivity contribution in [2.45, 2.75) is 44.0 Å². The number of likely N-dealkylation sites (tertiary alicyclic amines) is 1. The normalized spacial score (nSPS) is 17.8. The summed E-state index contributed by atoms with van der Waals surface area (Å²) in [6.45, 7) is 0.448. The van der Waals surface area contributed by atoms with Crippen molar-refractivity contribution in [2.75, 3.05) is 13.6 Å². The van der Waals surface area contributed by atoms with E-state index in [-0.39, 0.29) is 18.4 Å². The predicted molar refractivity (Wildman–Crippen MR) is 153 cm³/mol. The van der Waals surface area contributed by atoms with Crippen molar-refractivity contribution in [2.24, 2.45) is 0 Å². The summed E-state index contributed by atoms with van der Waals surface area (Å²) < 4.78 is 0. The number of hydrogen-bond acceptors (Lipinski definition) is 4. The Hall–Kier alpha value is -4.43. The minimum Gasteiger partial charge on any atom is -0.391 e. The summed E-state index contributed by atoms with van der Waals surface area (Å²) in [5.74, 6) is -0.947. The molecule has 0 unspecified atom stereocenters. The van der Waals surface area contributed by atoms with Crippen LogP contribution in [-0.4, -0.2) is 69.4 Å². The summed E-state index contributed by atoms with van der Waals surface area (Å²) in [4.78, 5) is 47.3. The van der Waals surface area contributed by atoms with Gasteiger partial charge >= 0.3 is 0 Å². The van der Waals surface area contributed by atoms with Gasteiger partial charge in [-0.2, -0.15) is 0 Å². The van der Waals surface area contributed by atoms with Crippen LogP contribution in [0.2, 0.25) is 0 Å². The fraction of sp³-hybridized carbons (Fsp3) is 0.281. The van der Waals surface area contributed by atoms with Gasteiger partial charge in [0.05, 0.1) is 11.7 Å². The lowest BCUT2D eigenvalue weighted by molar-refractivity contribution is -0.137. The van der Waals surface area contributed by atoms with Crippen molar-refractivity contribution in [3.63, 3.8) is 0 Å². The van der Waals surface area contributed by atoms with Crippen molar-refractivity contribution >= 4 is 28.6 Å². The summed E-state index contributed by atoms with van der Waals surface area (Å²) in [6.07, 6.45) is 1.92. The molecule has 206 valence electrons. The topological polar surface area (TPSA) is 106 Å². The number of hydrogen-bond donors (Lipinski definition) is 3. The number of amides is 3. The molecular weight excluding hydrogens is 504 g/mol. The summed E-state index contributed by atoms with van der Waals surface area (Å²) in [7, 11) is 1.73. The molecule has 1 aliphatic rings. The molecule has 3 N–H and O–H groups in total. The maximum Gasteiger partial charge on any atom is 0.256 e. The smallest absolute Gasteiger partial charge is 0.256 e. The minimum atomic E-state index is -0.819. The van der Waals surface area contributed by atoms with Gasteiger partial charge in [-0.1, -0.05) is 78.9 Å². The van der Waals surface area contributed by atoms with Crippen LogP contribution in [-0.2, 0) is 22.6 Å². The number of para-hydroxylation sites is 1. The molecule has 8 nitrogen and oxygen atoms in total. The van der Waals surface area contributed by atoms with Crippen LogP contribution in [0.25, 0.3) is 10.9 Å². The van der Waals surface area contributed by atoms with E-state index in [1.807, 2.05) is 84.9 Å². The molecule has 0 radical (unpaired) electrons. The highest BCUT2D eigenvalue weighted by Gasteiger charge is 2.38. The van der Waals surface area contributed by atoms with Gasteiger partial charge in [0.25, 0.3) is 5.91 Å². The number of aromatic nitrogens is 1. The van der Waals surface area contributed by atoms with E-state index < -0.39 is 24.1 Å². The molecule has 1 aromatic heterocycles. The zero-order chi connectivity index (χ0) is 28.1. The molecule has 40 heavy (non-hydrogen) atoms. The van der Waals surface area contributed by atoms with E-state index >= 15 is 0 Å². The molecule has 3 atom stereocenters. The second-order valence-corrected chi connectivity index (χ2v) is 10.4. The van der Waals surface area contributed by atoms with Gasteiger partial charge in [0, 0.05) is 43.7 Å². The maximum absolute atomic E-state index is 13.8. The number of nitrogens with zero attached hydrogens (tertiary/aromatic N) is 2. The van der Waals surface area contributed by atoms with Crippen LogP contribution in [0, 0.1) is 0 Å². The number of benzene rings is 3. The van der Waals surface area contributed by atoms with E-state index in [0.717, 1.165) is 22.0 Å². The molecular formula is C32H34N4O4. The Morgan fingerprint density at radius 1 is 0.950 bits per heavy atom. The van der Waals surface area contributed by atoms with Crippen molar-refractivity contribution < 1.29 is 19.5 Å². The summed E-state index contributed by atoms with van der Waals surface area (Å²) in [5, 5.41) is 14.1. The zero-order valence-corrected chi connectivity index (χ0v) is 22.5. The molecule has 3 amide bonds. The number of β-amino-alcohol motifs (C(OH)–C–C–N with tert-alkyl or cyclic N) is 1. The van der Waals surface area contributed by atoms with E-state index in [9.17, 15) is 19.5 Å². The summed E-state index contributed by atoms with van der Waals surface area (Å²) >= 11 is 0. The van der Waals surface area contributed by atoms with Gasteiger partial charge in [0.1, 0.15) is 12.1 Å². The number of aliphatic hydroxyl groups excluding tert-OH is 1. The molecule has 1 aliphatic heterocycles.